The molecule has 0 bridgehead atoms. The Kier molecular flexibility index (Phi) is 7.26. The number of rotatable bonds is 8. The summed E-state index contributed by atoms with van der Waals surface area (Å²) in [5.41, 5.74) is 2.07. The van der Waals surface area contributed by atoms with Crippen LogP contribution in [-0.4, -0.2) is 50.3 Å². The lowest BCUT2D eigenvalue weighted by Gasteiger charge is -2.28. The van der Waals surface area contributed by atoms with Crippen LogP contribution in [0.25, 0.3) is 0 Å². The molecular formula is C23H28F2N2O3. The molecule has 0 aliphatic carbocycles. The van der Waals surface area contributed by atoms with Crippen molar-refractivity contribution in [2.45, 2.75) is 38.5 Å². The van der Waals surface area contributed by atoms with E-state index < -0.39 is 17.7 Å². The van der Waals surface area contributed by atoms with E-state index in [0.29, 0.717) is 19.7 Å². The maximum absolute atomic E-state index is 13.5. The number of hydrogen-bond acceptors (Lipinski definition) is 4. The van der Waals surface area contributed by atoms with Crippen LogP contribution in [0.4, 0.5) is 14.5 Å². The number of amides is 1. The van der Waals surface area contributed by atoms with Gasteiger partial charge in [-0.3, -0.25) is 4.79 Å². The normalized spacial score (nSPS) is 16.9. The zero-order valence-electron chi connectivity index (χ0n) is 17.6. The summed E-state index contributed by atoms with van der Waals surface area (Å²) in [5.74, 6) is -2.08. The third-order valence-corrected chi connectivity index (χ3v) is 5.14. The Hall–Kier alpha value is -2.67. The molecule has 1 amide bonds. The minimum Gasteiger partial charge on any atom is -0.481 e. The van der Waals surface area contributed by atoms with Crippen molar-refractivity contribution in [2.24, 2.45) is 0 Å². The maximum Gasteiger partial charge on any atom is 0.263 e. The van der Waals surface area contributed by atoms with Gasteiger partial charge >= 0.3 is 0 Å². The molecule has 2 aromatic carbocycles. The fraction of sp³-hybridized carbons (Fsp3) is 0.435. The Morgan fingerprint density at radius 2 is 1.90 bits per heavy atom. The molecule has 2 unspecified atom stereocenters. The predicted molar refractivity (Wildman–Crippen MR) is 112 cm³/mol. The Labute approximate surface area is 176 Å². The second kappa shape index (κ2) is 9.89. The summed E-state index contributed by atoms with van der Waals surface area (Å²) in [4.78, 5) is 16.9. The largest absolute Gasteiger partial charge is 0.481 e. The standard InChI is InChI=1S/C23H28F2N2O3/c1-16(30-19-10-11-21(24)22(25)13-19)23(28)27(15-20-5-4-12-29-20)14-17-6-8-18(9-7-17)26(2)3/h6-11,13,16,20H,4-5,12,14-15H2,1-3H3. The summed E-state index contributed by atoms with van der Waals surface area (Å²) in [6.07, 6.45) is 1.02. The highest BCUT2D eigenvalue weighted by Gasteiger charge is 2.27. The molecule has 1 aliphatic heterocycles. The maximum atomic E-state index is 13.5. The van der Waals surface area contributed by atoms with Crippen LogP contribution in [0.2, 0.25) is 0 Å². The Bertz CT molecular complexity index is 852. The second-order valence-corrected chi connectivity index (χ2v) is 7.75. The van der Waals surface area contributed by atoms with E-state index in [1.54, 1.807) is 11.8 Å². The molecule has 1 heterocycles. The number of carbonyl (C=O) groups is 1. The lowest BCUT2D eigenvalue weighted by Crippen LogP contribution is -2.43. The number of carbonyl (C=O) groups excluding carboxylic acids is 1. The van der Waals surface area contributed by atoms with E-state index in [4.69, 9.17) is 9.47 Å². The molecule has 3 rings (SSSR count). The topological polar surface area (TPSA) is 42.0 Å². The van der Waals surface area contributed by atoms with Crippen molar-refractivity contribution in [3.63, 3.8) is 0 Å². The molecule has 1 saturated heterocycles. The lowest BCUT2D eigenvalue weighted by atomic mass is 10.1. The first-order chi connectivity index (χ1) is 14.3. The highest BCUT2D eigenvalue weighted by Crippen LogP contribution is 2.20. The second-order valence-electron chi connectivity index (χ2n) is 7.75. The minimum absolute atomic E-state index is 0.00883. The van der Waals surface area contributed by atoms with Crippen LogP contribution in [0.15, 0.2) is 42.5 Å². The molecule has 0 spiro atoms. The Balaban J connectivity index is 1.72. The van der Waals surface area contributed by atoms with E-state index in [1.807, 2.05) is 43.3 Å². The molecule has 2 atom stereocenters. The fourth-order valence-corrected chi connectivity index (χ4v) is 3.45. The lowest BCUT2D eigenvalue weighted by molar-refractivity contribution is -0.140. The number of anilines is 1. The van der Waals surface area contributed by atoms with Gasteiger partial charge in [0, 0.05) is 45.5 Å². The third kappa shape index (κ3) is 5.69. The molecular weight excluding hydrogens is 390 g/mol. The molecule has 0 N–H and O–H groups in total. The fourth-order valence-electron chi connectivity index (χ4n) is 3.45. The van der Waals surface area contributed by atoms with Gasteiger partial charge in [0.15, 0.2) is 17.7 Å². The van der Waals surface area contributed by atoms with Gasteiger partial charge in [-0.25, -0.2) is 8.78 Å². The molecule has 1 aliphatic rings. The molecule has 1 fully saturated rings. The molecule has 0 radical (unpaired) electrons. The van der Waals surface area contributed by atoms with E-state index in [9.17, 15) is 13.6 Å². The first kappa shape index (κ1) is 22.0. The van der Waals surface area contributed by atoms with Crippen LogP contribution in [-0.2, 0) is 16.1 Å². The highest BCUT2D eigenvalue weighted by atomic mass is 19.2. The van der Waals surface area contributed by atoms with Gasteiger partial charge in [-0.2, -0.15) is 0 Å². The van der Waals surface area contributed by atoms with E-state index in [-0.39, 0.29) is 17.8 Å². The summed E-state index contributed by atoms with van der Waals surface area (Å²) >= 11 is 0. The number of nitrogens with zero attached hydrogens (tertiary/aromatic N) is 2. The quantitative estimate of drug-likeness (QED) is 0.650. The number of hydrogen-bond donors (Lipinski definition) is 0. The Morgan fingerprint density at radius 3 is 2.50 bits per heavy atom. The number of ether oxygens (including phenoxy) is 2. The smallest absolute Gasteiger partial charge is 0.263 e. The van der Waals surface area contributed by atoms with E-state index >= 15 is 0 Å². The van der Waals surface area contributed by atoms with Crippen LogP contribution in [0.3, 0.4) is 0 Å². The molecule has 7 heteroatoms. The zero-order valence-corrected chi connectivity index (χ0v) is 17.6. The van der Waals surface area contributed by atoms with Gasteiger partial charge in [0.25, 0.3) is 5.91 Å². The van der Waals surface area contributed by atoms with Gasteiger partial charge in [0.2, 0.25) is 0 Å². The van der Waals surface area contributed by atoms with Crippen molar-refractivity contribution in [3.05, 3.63) is 59.7 Å². The Morgan fingerprint density at radius 1 is 1.17 bits per heavy atom. The summed E-state index contributed by atoms with van der Waals surface area (Å²) in [6, 6.07) is 11.2. The van der Waals surface area contributed by atoms with Gasteiger partial charge in [-0.15, -0.1) is 0 Å². The number of benzene rings is 2. The summed E-state index contributed by atoms with van der Waals surface area (Å²) in [5, 5.41) is 0. The van der Waals surface area contributed by atoms with Crippen molar-refractivity contribution in [1.82, 2.24) is 4.90 Å². The van der Waals surface area contributed by atoms with E-state index in [2.05, 4.69) is 0 Å². The molecule has 162 valence electrons. The van der Waals surface area contributed by atoms with Crippen LogP contribution < -0.4 is 9.64 Å². The van der Waals surface area contributed by atoms with Gasteiger partial charge in [-0.1, -0.05) is 12.1 Å². The minimum atomic E-state index is -1.01. The van der Waals surface area contributed by atoms with Crippen LogP contribution in [0.5, 0.6) is 5.75 Å². The van der Waals surface area contributed by atoms with Gasteiger partial charge < -0.3 is 19.3 Å². The third-order valence-electron chi connectivity index (χ3n) is 5.14. The summed E-state index contributed by atoms with van der Waals surface area (Å²) < 4.78 is 37.9. The van der Waals surface area contributed by atoms with Crippen molar-refractivity contribution < 1.29 is 23.0 Å². The average Bonchev–Trinajstić information content (AvgIpc) is 3.23. The van der Waals surface area contributed by atoms with Gasteiger partial charge in [0.05, 0.1) is 6.10 Å². The van der Waals surface area contributed by atoms with Crippen LogP contribution >= 0.6 is 0 Å². The summed E-state index contributed by atoms with van der Waals surface area (Å²) in [6.45, 7) is 3.18. The van der Waals surface area contributed by atoms with E-state index in [0.717, 1.165) is 36.2 Å². The zero-order chi connectivity index (χ0) is 21.7. The average molecular weight is 418 g/mol. The van der Waals surface area contributed by atoms with Crippen molar-refractivity contribution in [1.29, 1.82) is 0 Å². The van der Waals surface area contributed by atoms with Gasteiger partial charge in [0.1, 0.15) is 5.75 Å². The summed E-state index contributed by atoms with van der Waals surface area (Å²) in [7, 11) is 3.94. The molecule has 0 aromatic heterocycles. The molecule has 30 heavy (non-hydrogen) atoms. The van der Waals surface area contributed by atoms with Crippen molar-refractivity contribution >= 4 is 11.6 Å². The van der Waals surface area contributed by atoms with Crippen LogP contribution in [0, 0.1) is 11.6 Å². The predicted octanol–water partition coefficient (Wildman–Crippen LogP) is 4.01. The van der Waals surface area contributed by atoms with Gasteiger partial charge in [-0.05, 0) is 49.6 Å². The first-order valence-corrected chi connectivity index (χ1v) is 10.1. The molecule has 0 saturated carbocycles. The van der Waals surface area contributed by atoms with E-state index in [1.165, 1.54) is 6.07 Å². The number of halogens is 2. The van der Waals surface area contributed by atoms with Crippen molar-refractivity contribution in [3.8, 4) is 5.75 Å². The van der Waals surface area contributed by atoms with Crippen molar-refractivity contribution in [2.75, 3.05) is 32.1 Å². The monoisotopic (exact) mass is 418 g/mol. The SMILES string of the molecule is CC(Oc1ccc(F)c(F)c1)C(=O)N(Cc1ccc(N(C)C)cc1)CC1CCCO1. The van der Waals surface area contributed by atoms with Crippen LogP contribution in [0.1, 0.15) is 25.3 Å². The highest BCUT2D eigenvalue weighted by molar-refractivity contribution is 5.81. The first-order valence-electron chi connectivity index (χ1n) is 10.1. The molecule has 5 nitrogen and oxygen atoms in total. The molecule has 2 aromatic rings.